The number of hydrogen-bond acceptors (Lipinski definition) is 6. The van der Waals surface area contributed by atoms with Gasteiger partial charge in [0.25, 0.3) is 5.91 Å². The van der Waals surface area contributed by atoms with E-state index >= 15 is 0 Å². The predicted octanol–water partition coefficient (Wildman–Crippen LogP) is 3.26. The summed E-state index contributed by atoms with van der Waals surface area (Å²) in [7, 11) is 0. The van der Waals surface area contributed by atoms with Gasteiger partial charge in [-0.1, -0.05) is 0 Å². The molecule has 1 aliphatic carbocycles. The highest BCUT2D eigenvalue weighted by molar-refractivity contribution is 5.96. The topological polar surface area (TPSA) is 102 Å². The van der Waals surface area contributed by atoms with Crippen molar-refractivity contribution in [2.45, 2.75) is 56.9 Å². The summed E-state index contributed by atoms with van der Waals surface area (Å²) in [5, 5.41) is 7.38. The Morgan fingerprint density at radius 1 is 1.17 bits per heavy atom. The molecule has 0 aromatic carbocycles. The second-order valence-electron chi connectivity index (χ2n) is 7.76. The van der Waals surface area contributed by atoms with Crippen molar-refractivity contribution < 1.29 is 13.6 Å². The monoisotopic (exact) mass is 405 g/mol. The summed E-state index contributed by atoms with van der Waals surface area (Å²) in [4.78, 5) is 22.7. The van der Waals surface area contributed by atoms with Crippen molar-refractivity contribution in [1.82, 2.24) is 19.7 Å². The third-order valence-corrected chi connectivity index (χ3v) is 5.60. The molecule has 2 aliphatic rings. The molecular formula is C19H25F2N7O. The Labute approximate surface area is 167 Å². The number of carbonyl (C=O) groups is 1. The van der Waals surface area contributed by atoms with Crippen LogP contribution < -0.4 is 16.0 Å². The number of aromatic nitrogens is 4. The third kappa shape index (κ3) is 4.46. The maximum Gasteiger partial charge on any atom is 0.271 e. The molecule has 1 saturated carbocycles. The van der Waals surface area contributed by atoms with Crippen LogP contribution in [-0.4, -0.2) is 44.7 Å². The minimum Gasteiger partial charge on any atom is -0.364 e. The van der Waals surface area contributed by atoms with Gasteiger partial charge in [-0.05, 0) is 32.1 Å². The van der Waals surface area contributed by atoms with Crippen molar-refractivity contribution in [3.63, 3.8) is 0 Å². The van der Waals surface area contributed by atoms with Crippen LogP contribution in [0.2, 0.25) is 0 Å². The molecule has 156 valence electrons. The third-order valence-electron chi connectivity index (χ3n) is 5.60. The molecule has 3 N–H and O–H groups in total. The number of piperidine rings is 1. The summed E-state index contributed by atoms with van der Waals surface area (Å²) in [6.07, 6.45) is 8.79. The molecule has 1 saturated heterocycles. The minimum absolute atomic E-state index is 0.0517. The molecule has 1 amide bonds. The van der Waals surface area contributed by atoms with Crippen LogP contribution in [0.1, 0.15) is 61.5 Å². The zero-order valence-corrected chi connectivity index (χ0v) is 16.2. The van der Waals surface area contributed by atoms with Crippen LogP contribution in [0.3, 0.4) is 0 Å². The number of amides is 1. The van der Waals surface area contributed by atoms with Gasteiger partial charge in [0.05, 0.1) is 24.1 Å². The number of primary amides is 1. The number of nitrogens with zero attached hydrogens (tertiary/aromatic N) is 5. The molecule has 0 radical (unpaired) electrons. The Hall–Kier alpha value is -2.78. The first kappa shape index (κ1) is 19.5. The first-order chi connectivity index (χ1) is 13.9. The molecule has 0 bridgehead atoms. The van der Waals surface area contributed by atoms with E-state index in [1.807, 2.05) is 0 Å². The van der Waals surface area contributed by atoms with Crippen molar-refractivity contribution in [2.75, 3.05) is 23.3 Å². The summed E-state index contributed by atoms with van der Waals surface area (Å²) in [6, 6.07) is -0.0634. The van der Waals surface area contributed by atoms with Gasteiger partial charge in [0.2, 0.25) is 5.92 Å². The fraction of sp³-hybridized carbons (Fsp3) is 0.579. The van der Waals surface area contributed by atoms with Gasteiger partial charge in [-0.2, -0.15) is 5.10 Å². The van der Waals surface area contributed by atoms with Crippen LogP contribution >= 0.6 is 0 Å². The van der Waals surface area contributed by atoms with Crippen molar-refractivity contribution in [2.24, 2.45) is 5.73 Å². The zero-order valence-electron chi connectivity index (χ0n) is 16.2. The van der Waals surface area contributed by atoms with E-state index in [-0.39, 0.29) is 30.4 Å². The minimum atomic E-state index is -2.58. The molecule has 2 fully saturated rings. The number of halogens is 2. The molecule has 10 heteroatoms. The van der Waals surface area contributed by atoms with Crippen LogP contribution in [0.25, 0.3) is 0 Å². The molecule has 0 atom stereocenters. The lowest BCUT2D eigenvalue weighted by molar-refractivity contribution is -0.0449. The maximum absolute atomic E-state index is 13.4. The van der Waals surface area contributed by atoms with E-state index < -0.39 is 11.8 Å². The largest absolute Gasteiger partial charge is 0.364 e. The number of rotatable bonds is 5. The normalized spacial score (nSPS) is 19.9. The molecule has 3 heterocycles. The second kappa shape index (κ2) is 7.92. The van der Waals surface area contributed by atoms with Crippen LogP contribution in [0, 0.1) is 0 Å². The average molecular weight is 405 g/mol. The molecule has 8 nitrogen and oxygen atoms in total. The highest BCUT2D eigenvalue weighted by atomic mass is 19.3. The summed E-state index contributed by atoms with van der Waals surface area (Å²) < 4.78 is 28.5. The molecule has 29 heavy (non-hydrogen) atoms. The van der Waals surface area contributed by atoms with Crippen molar-refractivity contribution >= 4 is 23.2 Å². The Morgan fingerprint density at radius 2 is 1.90 bits per heavy atom. The lowest BCUT2D eigenvalue weighted by Gasteiger charge is -2.28. The molecule has 4 rings (SSSR count). The van der Waals surface area contributed by atoms with E-state index in [2.05, 4.69) is 25.3 Å². The fourth-order valence-electron chi connectivity index (χ4n) is 3.95. The van der Waals surface area contributed by atoms with E-state index in [1.54, 1.807) is 23.3 Å². The summed E-state index contributed by atoms with van der Waals surface area (Å²) in [5.41, 5.74) is 6.12. The molecule has 1 aliphatic heterocycles. The molecule has 2 aromatic heterocycles. The number of alkyl halides is 2. The Morgan fingerprint density at radius 3 is 2.59 bits per heavy atom. The molecule has 2 aromatic rings. The molecule has 0 spiro atoms. The standard InChI is InChI=1S/C19H25F2N7O/c20-19(21)6-4-14(5-7-19)28-12-13(10-24-28)25-18-16(17(22)29)23-11-15(26-18)27-8-2-1-3-9-27/h10-12,14H,1-9H2,(H2,22,29)(H,25,26). The van der Waals surface area contributed by atoms with Gasteiger partial charge in [0, 0.05) is 32.1 Å². The highest BCUT2D eigenvalue weighted by Gasteiger charge is 2.35. The van der Waals surface area contributed by atoms with Crippen LogP contribution in [-0.2, 0) is 0 Å². The lowest BCUT2D eigenvalue weighted by atomic mass is 9.92. The van der Waals surface area contributed by atoms with Gasteiger partial charge in [0.15, 0.2) is 11.5 Å². The van der Waals surface area contributed by atoms with Crippen LogP contribution in [0.15, 0.2) is 18.6 Å². The van der Waals surface area contributed by atoms with E-state index in [4.69, 9.17) is 5.73 Å². The fourth-order valence-corrected chi connectivity index (χ4v) is 3.95. The average Bonchev–Trinajstić information content (AvgIpc) is 3.17. The second-order valence-corrected chi connectivity index (χ2v) is 7.76. The zero-order chi connectivity index (χ0) is 20.4. The van der Waals surface area contributed by atoms with Crippen LogP contribution in [0.4, 0.5) is 26.1 Å². The smallest absolute Gasteiger partial charge is 0.271 e. The highest BCUT2D eigenvalue weighted by Crippen LogP contribution is 2.38. The Balaban J connectivity index is 1.52. The SMILES string of the molecule is NC(=O)c1ncc(N2CCCCC2)nc1Nc1cnn(C2CCC(F)(F)CC2)c1. The number of carbonyl (C=O) groups excluding carboxylic acids is 1. The number of nitrogens with one attached hydrogen (secondary N) is 1. The van der Waals surface area contributed by atoms with E-state index in [9.17, 15) is 13.6 Å². The lowest BCUT2D eigenvalue weighted by Crippen LogP contribution is -2.31. The van der Waals surface area contributed by atoms with Crippen molar-refractivity contribution in [1.29, 1.82) is 0 Å². The van der Waals surface area contributed by atoms with Crippen molar-refractivity contribution in [3.05, 3.63) is 24.3 Å². The molecule has 0 unspecified atom stereocenters. The number of anilines is 3. The van der Waals surface area contributed by atoms with Crippen molar-refractivity contribution in [3.8, 4) is 0 Å². The Bertz CT molecular complexity index is 869. The Kier molecular flexibility index (Phi) is 5.33. The van der Waals surface area contributed by atoms with E-state index in [0.29, 0.717) is 24.3 Å². The summed E-state index contributed by atoms with van der Waals surface area (Å²) >= 11 is 0. The quantitative estimate of drug-likeness (QED) is 0.792. The van der Waals surface area contributed by atoms with Gasteiger partial charge in [0.1, 0.15) is 5.82 Å². The maximum atomic E-state index is 13.4. The van der Waals surface area contributed by atoms with Crippen LogP contribution in [0.5, 0.6) is 0 Å². The number of hydrogen-bond donors (Lipinski definition) is 2. The first-order valence-electron chi connectivity index (χ1n) is 10.0. The van der Waals surface area contributed by atoms with E-state index in [1.165, 1.54) is 6.42 Å². The number of nitrogens with two attached hydrogens (primary N) is 1. The summed E-state index contributed by atoms with van der Waals surface area (Å²) in [6.45, 7) is 1.79. The molecular weight excluding hydrogens is 380 g/mol. The van der Waals surface area contributed by atoms with Gasteiger partial charge >= 0.3 is 0 Å². The van der Waals surface area contributed by atoms with Gasteiger partial charge < -0.3 is 16.0 Å². The van der Waals surface area contributed by atoms with Gasteiger partial charge in [-0.15, -0.1) is 0 Å². The van der Waals surface area contributed by atoms with E-state index in [0.717, 1.165) is 25.9 Å². The van der Waals surface area contributed by atoms with Gasteiger partial charge in [-0.3, -0.25) is 9.48 Å². The summed E-state index contributed by atoms with van der Waals surface area (Å²) in [5.74, 6) is -2.28. The first-order valence-corrected chi connectivity index (χ1v) is 10.0. The predicted molar refractivity (Wildman–Crippen MR) is 105 cm³/mol. The van der Waals surface area contributed by atoms with Gasteiger partial charge in [-0.25, -0.2) is 18.7 Å².